The summed E-state index contributed by atoms with van der Waals surface area (Å²) in [6.07, 6.45) is 5.64. The van der Waals surface area contributed by atoms with E-state index in [-0.39, 0.29) is 43.7 Å². The number of aromatic amines is 1. The number of rotatable bonds is 27. The Labute approximate surface area is 442 Å². The number of aromatic nitrogens is 1. The Morgan fingerprint density at radius 1 is 0.757 bits per heavy atom. The van der Waals surface area contributed by atoms with Gasteiger partial charge in [0.15, 0.2) is 0 Å². The van der Waals surface area contributed by atoms with Crippen LogP contribution in [0.1, 0.15) is 50.3 Å². The minimum Gasteiger partial charge on any atom is -0.368 e. The lowest BCUT2D eigenvalue weighted by Crippen LogP contribution is -2.61. The summed E-state index contributed by atoms with van der Waals surface area (Å²) in [5, 5.41) is 16.9. The zero-order chi connectivity index (χ0) is 54.2. The van der Waals surface area contributed by atoms with E-state index in [1.54, 1.807) is 36.7 Å². The number of nitrogens with zero attached hydrogens (tertiary/aromatic N) is 1. The normalized spacial score (nSPS) is 16.1. The Kier molecular flexibility index (Phi) is 21.6. The predicted octanol–water partition coefficient (Wildman–Crippen LogP) is 1.61. The van der Waals surface area contributed by atoms with Gasteiger partial charge in [0.2, 0.25) is 47.3 Å². The van der Waals surface area contributed by atoms with Gasteiger partial charge < -0.3 is 51.7 Å². The monoisotopic (exact) mass is 1100 g/mol. The van der Waals surface area contributed by atoms with Gasteiger partial charge in [0.25, 0.3) is 0 Å². The number of nitrogens with one attached hydrogen (secondary N) is 7. The summed E-state index contributed by atoms with van der Waals surface area (Å²) in [6.45, 7) is 4.20. The van der Waals surface area contributed by atoms with Crippen LogP contribution in [0.3, 0.4) is 0 Å². The van der Waals surface area contributed by atoms with Gasteiger partial charge in [0.1, 0.15) is 42.0 Å². The number of thioether (sulfide) groups is 3. The minimum atomic E-state index is -4.78. The molecule has 1 fully saturated rings. The molecule has 1 aromatic heterocycles. The molecule has 1 aliphatic rings. The summed E-state index contributed by atoms with van der Waals surface area (Å²) >= 11 is 4.20. The number of para-hydroxylation sites is 1. The summed E-state index contributed by atoms with van der Waals surface area (Å²) in [5.74, 6) is -4.63. The topological polar surface area (TPSA) is 317 Å². The van der Waals surface area contributed by atoms with E-state index in [0.717, 1.165) is 16.5 Å². The Morgan fingerprint density at radius 2 is 1.34 bits per heavy atom. The Balaban J connectivity index is 1.32. The molecule has 400 valence electrons. The molecular weight excluding hydrogens is 1030 g/mol. The van der Waals surface area contributed by atoms with Gasteiger partial charge in [-0.25, -0.2) is 0 Å². The van der Waals surface area contributed by atoms with Crippen LogP contribution in [0.15, 0.2) is 85.1 Å². The molecule has 0 bridgehead atoms. The number of carbonyl (C=O) groups excluding carboxylic acids is 8. The lowest BCUT2D eigenvalue weighted by atomic mass is 9.98. The van der Waals surface area contributed by atoms with Gasteiger partial charge in [-0.05, 0) is 85.6 Å². The van der Waals surface area contributed by atoms with E-state index in [2.05, 4.69) is 41.1 Å². The molecule has 3 aromatic carbocycles. The van der Waals surface area contributed by atoms with Crippen LogP contribution in [0.2, 0.25) is 0 Å². The van der Waals surface area contributed by atoms with Crippen molar-refractivity contribution in [2.24, 2.45) is 5.73 Å². The number of carbonyl (C=O) groups is 8. The van der Waals surface area contributed by atoms with E-state index in [4.69, 9.17) is 10.3 Å². The van der Waals surface area contributed by atoms with Gasteiger partial charge in [-0.3, -0.25) is 42.9 Å². The molecule has 0 spiro atoms. The third-order valence-electron chi connectivity index (χ3n) is 11.9. The first-order chi connectivity index (χ1) is 35.1. The van der Waals surface area contributed by atoms with Crippen molar-refractivity contribution < 1.29 is 55.5 Å². The summed E-state index contributed by atoms with van der Waals surface area (Å²) < 4.78 is 34.9. The van der Waals surface area contributed by atoms with Gasteiger partial charge in [0, 0.05) is 48.0 Å². The minimum absolute atomic E-state index is 0.0419. The standard InChI is InChI=1S/C49H63N9O12S4/c1-29(59)53-39(24-31-15-17-33(18-16-31)70-74(67,68)69)45(63)55-36(19-21-71-4)44(62)52-27-41(60)54-40(25-32-26-51-35-14-10-9-13-34(32)35)46(64)56-37(20-22-72-5)48(66)58-28-73-49(2,3)42(58)47(65)57-38(43(50)61)23-30-11-7-6-8-12-30/h6-18,26,36-40,42,51H,19-25,27-28H2,1-5H3,(H2,50,61)(H,52,62)(H,53,59)(H,54,60)(H,55,63)(H,56,64)(H,57,65)(H,67,68,69)/t36-,37-,38-,39-,40-,42+/m0/s1. The zero-order valence-corrected chi connectivity index (χ0v) is 44.8. The van der Waals surface area contributed by atoms with E-state index in [9.17, 15) is 46.8 Å². The number of hydrogen-bond donors (Lipinski definition) is 9. The number of hydrogen-bond acceptors (Lipinski definition) is 14. The Morgan fingerprint density at radius 3 is 1.96 bits per heavy atom. The highest BCUT2D eigenvalue weighted by Crippen LogP contribution is 2.40. The number of nitrogens with two attached hydrogens (primary N) is 1. The van der Waals surface area contributed by atoms with Crippen molar-refractivity contribution in [2.45, 2.75) is 93.9 Å². The van der Waals surface area contributed by atoms with Crippen LogP contribution in [0.4, 0.5) is 0 Å². The summed E-state index contributed by atoms with van der Waals surface area (Å²) in [6, 6.07) is 14.8. The SMILES string of the molecule is CSCC[C@H](NC(=O)[C@H](Cc1ccc(OS(=O)(=O)O)cc1)NC(C)=O)C(=O)NCC(=O)N[C@@H](Cc1c[nH]c2ccccc12)C(=O)N[C@@H](CCSC)C(=O)N1CSC(C)(C)[C@H]1C(=O)N[C@@H](Cc1ccccc1)C(N)=O. The van der Waals surface area contributed by atoms with E-state index in [1.807, 2.05) is 50.4 Å². The van der Waals surface area contributed by atoms with Gasteiger partial charge >= 0.3 is 10.4 Å². The highest BCUT2D eigenvalue weighted by molar-refractivity contribution is 8.01. The molecule has 0 aliphatic carbocycles. The highest BCUT2D eigenvalue weighted by Gasteiger charge is 2.50. The second-order valence-corrected chi connectivity index (χ2v) is 22.5. The molecule has 25 heteroatoms. The molecular formula is C49H63N9O12S4. The fourth-order valence-corrected chi connectivity index (χ4v) is 10.7. The molecule has 1 aliphatic heterocycles. The van der Waals surface area contributed by atoms with E-state index < -0.39 is 105 Å². The average Bonchev–Trinajstić information content (AvgIpc) is 3.91. The summed E-state index contributed by atoms with van der Waals surface area (Å²) in [7, 11) is -4.78. The van der Waals surface area contributed by atoms with Crippen LogP contribution in [-0.2, 0) is 68.0 Å². The molecule has 21 nitrogen and oxygen atoms in total. The average molecular weight is 1100 g/mol. The van der Waals surface area contributed by atoms with Gasteiger partial charge in [0.05, 0.1) is 12.4 Å². The van der Waals surface area contributed by atoms with Crippen LogP contribution in [-0.4, -0.2) is 148 Å². The maximum atomic E-state index is 14.7. The molecule has 0 saturated carbocycles. The molecule has 5 rings (SSSR count). The first kappa shape index (κ1) is 58.6. The molecule has 74 heavy (non-hydrogen) atoms. The fraction of sp³-hybridized carbons (Fsp3) is 0.429. The number of fused-ring (bicyclic) bond motifs is 1. The second kappa shape index (κ2) is 27.3. The van der Waals surface area contributed by atoms with E-state index in [1.165, 1.54) is 71.4 Å². The lowest BCUT2D eigenvalue weighted by molar-refractivity contribution is -0.143. The fourth-order valence-electron chi connectivity index (χ4n) is 8.24. The number of H-pyrrole nitrogens is 1. The second-order valence-electron chi connectivity index (χ2n) is 17.9. The number of primary amides is 1. The van der Waals surface area contributed by atoms with Crippen LogP contribution in [0.25, 0.3) is 10.9 Å². The van der Waals surface area contributed by atoms with Crippen molar-refractivity contribution in [1.29, 1.82) is 0 Å². The third-order valence-corrected chi connectivity index (χ3v) is 15.0. The zero-order valence-electron chi connectivity index (χ0n) is 41.5. The molecule has 1 saturated heterocycles. The van der Waals surface area contributed by atoms with Gasteiger partial charge in [-0.2, -0.15) is 31.9 Å². The summed E-state index contributed by atoms with van der Waals surface area (Å²) in [5.41, 5.74) is 8.43. The molecule has 0 unspecified atom stereocenters. The Hall–Kier alpha value is -6.28. The van der Waals surface area contributed by atoms with Crippen molar-refractivity contribution in [3.8, 4) is 5.75 Å². The molecule has 8 amide bonds. The molecule has 2 heterocycles. The first-order valence-corrected chi connectivity index (χ1v) is 28.5. The maximum Gasteiger partial charge on any atom is 0.446 e. The first-order valence-electron chi connectivity index (χ1n) is 23.4. The van der Waals surface area contributed by atoms with Gasteiger partial charge in [-0.15, -0.1) is 11.8 Å². The van der Waals surface area contributed by atoms with Crippen molar-refractivity contribution in [3.05, 3.63) is 102 Å². The molecule has 10 N–H and O–H groups in total. The van der Waals surface area contributed by atoms with Crippen molar-refractivity contribution in [3.63, 3.8) is 0 Å². The largest absolute Gasteiger partial charge is 0.446 e. The van der Waals surface area contributed by atoms with Crippen LogP contribution < -0.4 is 41.8 Å². The molecule has 6 atom stereocenters. The molecule has 0 radical (unpaired) electrons. The lowest BCUT2D eigenvalue weighted by Gasteiger charge is -2.34. The van der Waals surface area contributed by atoms with Crippen LogP contribution in [0, 0.1) is 0 Å². The van der Waals surface area contributed by atoms with Gasteiger partial charge in [-0.1, -0.05) is 60.7 Å². The summed E-state index contributed by atoms with van der Waals surface area (Å²) in [4.78, 5) is 114. The molecule has 4 aromatic rings. The van der Waals surface area contributed by atoms with Crippen LogP contribution >= 0.6 is 35.3 Å². The quantitative estimate of drug-likeness (QED) is 0.0383. The van der Waals surface area contributed by atoms with Crippen molar-refractivity contribution >= 4 is 104 Å². The highest BCUT2D eigenvalue weighted by atomic mass is 32.3. The Bertz CT molecular complexity index is 2750. The van der Waals surface area contributed by atoms with E-state index >= 15 is 0 Å². The van der Waals surface area contributed by atoms with Crippen molar-refractivity contribution in [2.75, 3.05) is 36.4 Å². The smallest absolute Gasteiger partial charge is 0.368 e. The van der Waals surface area contributed by atoms with Crippen LogP contribution in [0.5, 0.6) is 5.75 Å². The predicted molar refractivity (Wildman–Crippen MR) is 285 cm³/mol. The van der Waals surface area contributed by atoms with E-state index in [0.29, 0.717) is 22.6 Å². The number of amides is 8. The maximum absolute atomic E-state index is 14.7. The third kappa shape index (κ3) is 17.4. The number of benzene rings is 3. The van der Waals surface area contributed by atoms with Crippen molar-refractivity contribution in [1.82, 2.24) is 41.8 Å².